The minimum atomic E-state index is -0.226. The fourth-order valence-corrected chi connectivity index (χ4v) is 3.42. The van der Waals surface area contributed by atoms with Crippen LogP contribution in [0.15, 0.2) is 48.8 Å². The van der Waals surface area contributed by atoms with Crippen LogP contribution in [0.5, 0.6) is 11.5 Å². The molecule has 0 fully saturated rings. The number of carbonyl (C=O) groups is 1. The Hall–Kier alpha value is -3.65. The number of halogens is 1. The van der Waals surface area contributed by atoms with Crippen LogP contribution in [0.4, 0.5) is 0 Å². The van der Waals surface area contributed by atoms with Gasteiger partial charge in [0, 0.05) is 25.4 Å². The van der Waals surface area contributed by atoms with Crippen molar-refractivity contribution in [3.8, 4) is 22.8 Å². The fraction of sp³-hybridized carbons (Fsp3) is 0.143. The van der Waals surface area contributed by atoms with Crippen molar-refractivity contribution in [2.45, 2.75) is 6.54 Å². The van der Waals surface area contributed by atoms with Gasteiger partial charge in [-0.15, -0.1) is 0 Å². The molecule has 0 saturated carbocycles. The molecule has 0 radical (unpaired) electrons. The van der Waals surface area contributed by atoms with Gasteiger partial charge in [0.15, 0.2) is 17.1 Å². The molecule has 0 saturated heterocycles. The summed E-state index contributed by atoms with van der Waals surface area (Å²) in [5.41, 5.74) is 3.37. The summed E-state index contributed by atoms with van der Waals surface area (Å²) in [7, 11) is 1.79. The van der Waals surface area contributed by atoms with E-state index in [0.717, 1.165) is 11.1 Å². The number of nitrogens with one attached hydrogen (secondary N) is 1. The van der Waals surface area contributed by atoms with Crippen LogP contribution < -0.4 is 14.8 Å². The summed E-state index contributed by atoms with van der Waals surface area (Å²) in [6, 6.07) is 10.8. The standard InChI is InChI=1S/C21H16ClN5O3/c1-27-20-15(10-25-27)14(7-16(26-20)13-3-5-19(22)23-9-13)21(28)24-8-12-2-4-17-18(6-12)30-11-29-17/h2-7,9-10H,8,11H2,1H3,(H,24,28). The molecule has 0 atom stereocenters. The molecule has 0 unspecified atom stereocenters. The largest absolute Gasteiger partial charge is 0.454 e. The lowest BCUT2D eigenvalue weighted by Gasteiger charge is -2.09. The molecule has 0 spiro atoms. The van der Waals surface area contributed by atoms with Gasteiger partial charge in [-0.1, -0.05) is 17.7 Å². The van der Waals surface area contributed by atoms with Crippen LogP contribution in [-0.2, 0) is 13.6 Å². The third-order valence-corrected chi connectivity index (χ3v) is 5.09. The lowest BCUT2D eigenvalue weighted by atomic mass is 10.1. The van der Waals surface area contributed by atoms with Gasteiger partial charge in [0.05, 0.1) is 22.8 Å². The van der Waals surface area contributed by atoms with Gasteiger partial charge in [-0.2, -0.15) is 5.10 Å². The minimum absolute atomic E-state index is 0.212. The van der Waals surface area contributed by atoms with Crippen LogP contribution in [0.25, 0.3) is 22.3 Å². The highest BCUT2D eigenvalue weighted by Crippen LogP contribution is 2.32. The summed E-state index contributed by atoms with van der Waals surface area (Å²) in [5.74, 6) is 1.16. The summed E-state index contributed by atoms with van der Waals surface area (Å²) < 4.78 is 12.4. The van der Waals surface area contributed by atoms with Crippen molar-refractivity contribution in [1.82, 2.24) is 25.1 Å². The number of aryl methyl sites for hydroxylation is 1. The predicted molar refractivity (Wildman–Crippen MR) is 110 cm³/mol. The number of hydrogen-bond acceptors (Lipinski definition) is 6. The zero-order valence-electron chi connectivity index (χ0n) is 15.9. The van der Waals surface area contributed by atoms with Crippen molar-refractivity contribution < 1.29 is 14.3 Å². The highest BCUT2D eigenvalue weighted by Gasteiger charge is 2.18. The van der Waals surface area contributed by atoms with Crippen molar-refractivity contribution in [3.63, 3.8) is 0 Å². The van der Waals surface area contributed by atoms with Gasteiger partial charge >= 0.3 is 0 Å². The molecule has 1 aromatic carbocycles. The van der Waals surface area contributed by atoms with E-state index in [9.17, 15) is 4.79 Å². The molecule has 150 valence electrons. The number of aromatic nitrogens is 4. The Morgan fingerprint density at radius 1 is 1.17 bits per heavy atom. The molecule has 1 aliphatic heterocycles. The number of ether oxygens (including phenoxy) is 2. The second-order valence-corrected chi connectivity index (χ2v) is 7.19. The Bertz CT molecular complexity index is 1270. The van der Waals surface area contributed by atoms with Crippen molar-refractivity contribution >= 4 is 28.5 Å². The zero-order chi connectivity index (χ0) is 20.7. The number of fused-ring (bicyclic) bond motifs is 2. The molecular weight excluding hydrogens is 406 g/mol. The Morgan fingerprint density at radius 2 is 2.03 bits per heavy atom. The maximum absolute atomic E-state index is 13.0. The number of carbonyl (C=O) groups excluding carboxylic acids is 1. The maximum atomic E-state index is 13.0. The number of pyridine rings is 2. The van der Waals surface area contributed by atoms with Gasteiger partial charge in [-0.05, 0) is 35.9 Å². The molecular formula is C21H16ClN5O3. The van der Waals surface area contributed by atoms with Crippen LogP contribution in [0.1, 0.15) is 15.9 Å². The highest BCUT2D eigenvalue weighted by molar-refractivity contribution is 6.29. The lowest BCUT2D eigenvalue weighted by molar-refractivity contribution is 0.0952. The molecule has 0 bridgehead atoms. The third kappa shape index (κ3) is 3.31. The van der Waals surface area contributed by atoms with E-state index in [-0.39, 0.29) is 12.7 Å². The maximum Gasteiger partial charge on any atom is 0.252 e. The lowest BCUT2D eigenvalue weighted by Crippen LogP contribution is -2.23. The summed E-state index contributed by atoms with van der Waals surface area (Å²) in [6.45, 7) is 0.556. The quantitative estimate of drug-likeness (QED) is 0.508. The number of nitrogens with zero attached hydrogens (tertiary/aromatic N) is 4. The van der Waals surface area contributed by atoms with Crippen LogP contribution in [-0.4, -0.2) is 32.4 Å². The number of hydrogen-bond donors (Lipinski definition) is 1. The summed E-state index contributed by atoms with van der Waals surface area (Å²) in [4.78, 5) is 21.8. The van der Waals surface area contributed by atoms with Gasteiger partial charge in [0.1, 0.15) is 5.15 Å². The number of benzene rings is 1. The van der Waals surface area contributed by atoms with E-state index in [1.807, 2.05) is 24.3 Å². The highest BCUT2D eigenvalue weighted by atomic mass is 35.5. The summed E-state index contributed by atoms with van der Waals surface area (Å²) in [5, 5.41) is 8.27. The summed E-state index contributed by atoms with van der Waals surface area (Å²) in [6.07, 6.45) is 3.27. The van der Waals surface area contributed by atoms with Gasteiger partial charge in [-0.3, -0.25) is 9.48 Å². The topological polar surface area (TPSA) is 91.2 Å². The Labute approximate surface area is 176 Å². The second-order valence-electron chi connectivity index (χ2n) is 6.80. The molecule has 9 heteroatoms. The van der Waals surface area contributed by atoms with E-state index in [4.69, 9.17) is 21.1 Å². The van der Waals surface area contributed by atoms with Crippen LogP contribution in [0.3, 0.4) is 0 Å². The third-order valence-electron chi connectivity index (χ3n) is 4.86. The van der Waals surface area contributed by atoms with Crippen LogP contribution >= 0.6 is 11.6 Å². The smallest absolute Gasteiger partial charge is 0.252 e. The second kappa shape index (κ2) is 7.31. The van der Waals surface area contributed by atoms with E-state index in [1.54, 1.807) is 36.3 Å². The SMILES string of the molecule is Cn1ncc2c(C(=O)NCc3ccc4c(c3)OCO4)cc(-c3ccc(Cl)nc3)nc21. The van der Waals surface area contributed by atoms with E-state index in [2.05, 4.69) is 20.4 Å². The molecule has 8 nitrogen and oxygen atoms in total. The molecule has 3 aromatic heterocycles. The van der Waals surface area contributed by atoms with Crippen molar-refractivity contribution in [2.75, 3.05) is 6.79 Å². The first-order chi connectivity index (χ1) is 14.6. The zero-order valence-corrected chi connectivity index (χ0v) is 16.7. The van der Waals surface area contributed by atoms with Crippen LogP contribution in [0, 0.1) is 0 Å². The molecule has 1 N–H and O–H groups in total. The fourth-order valence-electron chi connectivity index (χ4n) is 3.31. The first kappa shape index (κ1) is 18.4. The molecule has 1 amide bonds. The summed E-state index contributed by atoms with van der Waals surface area (Å²) >= 11 is 5.89. The molecule has 4 heterocycles. The molecule has 4 aromatic rings. The first-order valence-electron chi connectivity index (χ1n) is 9.20. The molecule has 5 rings (SSSR count). The minimum Gasteiger partial charge on any atom is -0.454 e. The first-order valence-corrected chi connectivity index (χ1v) is 9.58. The number of rotatable bonds is 4. The Morgan fingerprint density at radius 3 is 2.87 bits per heavy atom. The van der Waals surface area contributed by atoms with Gasteiger partial charge in [0.2, 0.25) is 6.79 Å². The van der Waals surface area contributed by atoms with Crippen molar-refractivity contribution in [1.29, 1.82) is 0 Å². The number of amides is 1. The van der Waals surface area contributed by atoms with E-state index < -0.39 is 0 Å². The van der Waals surface area contributed by atoms with Gasteiger partial charge in [-0.25, -0.2) is 9.97 Å². The Balaban J connectivity index is 1.46. The monoisotopic (exact) mass is 421 g/mol. The van der Waals surface area contributed by atoms with Crippen molar-refractivity contribution in [2.24, 2.45) is 7.05 Å². The Kier molecular flexibility index (Phi) is 4.48. The molecule has 1 aliphatic rings. The van der Waals surface area contributed by atoms with Crippen LogP contribution in [0.2, 0.25) is 5.15 Å². The van der Waals surface area contributed by atoms with E-state index in [0.29, 0.717) is 45.5 Å². The molecule has 0 aliphatic carbocycles. The van der Waals surface area contributed by atoms with E-state index in [1.165, 1.54) is 0 Å². The van der Waals surface area contributed by atoms with E-state index >= 15 is 0 Å². The molecule has 30 heavy (non-hydrogen) atoms. The van der Waals surface area contributed by atoms with Gasteiger partial charge in [0.25, 0.3) is 5.91 Å². The predicted octanol–water partition coefficient (Wildman–Crippen LogP) is 3.34. The average Bonchev–Trinajstić information content (AvgIpc) is 3.38. The van der Waals surface area contributed by atoms with Gasteiger partial charge < -0.3 is 14.8 Å². The van der Waals surface area contributed by atoms with Crippen molar-refractivity contribution in [3.05, 3.63) is 65.1 Å². The normalized spacial score (nSPS) is 12.3. The average molecular weight is 422 g/mol.